The molecule has 0 saturated heterocycles. The summed E-state index contributed by atoms with van der Waals surface area (Å²) in [6.07, 6.45) is 6.54. The van der Waals surface area contributed by atoms with Gasteiger partial charge in [0.15, 0.2) is 9.84 Å². The molecule has 0 aliphatic carbocycles. The molecule has 1 heterocycles. The summed E-state index contributed by atoms with van der Waals surface area (Å²) in [5.41, 5.74) is 3.02. The number of rotatable bonds is 12. The monoisotopic (exact) mass is 521 g/mol. The van der Waals surface area contributed by atoms with Crippen molar-refractivity contribution in [3.63, 3.8) is 0 Å². The third-order valence-electron chi connectivity index (χ3n) is 5.41. The molecule has 2 aromatic carbocycles. The molecule has 196 valence electrons. The molecule has 1 aromatic heterocycles. The van der Waals surface area contributed by atoms with Gasteiger partial charge in [0.25, 0.3) is 0 Å². The van der Waals surface area contributed by atoms with Crippen LogP contribution in [0.2, 0.25) is 0 Å². The molecule has 0 spiro atoms. The summed E-state index contributed by atoms with van der Waals surface area (Å²) in [6.45, 7) is 4.89. The molecule has 0 saturated carbocycles. The van der Waals surface area contributed by atoms with Gasteiger partial charge in [-0.1, -0.05) is 38.1 Å². The largest absolute Gasteiger partial charge is 0.326 e. The molecule has 0 aliphatic heterocycles. The summed E-state index contributed by atoms with van der Waals surface area (Å²) in [5, 5.41) is 6.03. The second kappa shape index (κ2) is 13.1. The van der Waals surface area contributed by atoms with E-state index in [-0.39, 0.29) is 16.6 Å². The first-order valence-corrected chi connectivity index (χ1v) is 13.9. The van der Waals surface area contributed by atoms with Gasteiger partial charge in [0, 0.05) is 36.1 Å². The van der Waals surface area contributed by atoms with Crippen molar-refractivity contribution in [3.05, 3.63) is 72.9 Å². The Balaban J connectivity index is 1.62. The average Bonchev–Trinajstić information content (AvgIpc) is 2.84. The van der Waals surface area contributed by atoms with Gasteiger partial charge in [0.1, 0.15) is 0 Å². The number of sulfone groups is 1. The van der Waals surface area contributed by atoms with Gasteiger partial charge >= 0.3 is 0 Å². The predicted molar refractivity (Wildman–Crippen MR) is 150 cm³/mol. The Morgan fingerprint density at radius 1 is 0.973 bits per heavy atom. The SMILES string of the molecule is CC(C)CC(=O)Nc1ccc(-c2ccnc(Nc3ccc(S(=O)(=O)CC=CCCN(C)C)cc3)n2)cc1. The number of carbonyl (C=O) groups is 1. The fraction of sp³-hybridized carbons (Fsp3) is 0.321. The van der Waals surface area contributed by atoms with Gasteiger partial charge in [-0.3, -0.25) is 4.79 Å². The van der Waals surface area contributed by atoms with Crippen LogP contribution in [0.1, 0.15) is 26.7 Å². The highest BCUT2D eigenvalue weighted by Crippen LogP contribution is 2.23. The van der Waals surface area contributed by atoms with E-state index in [1.165, 1.54) is 0 Å². The fourth-order valence-corrected chi connectivity index (χ4v) is 4.64. The molecule has 0 radical (unpaired) electrons. The Kier molecular flexibility index (Phi) is 9.93. The molecule has 2 N–H and O–H groups in total. The Labute approximate surface area is 219 Å². The standard InChI is InChI=1S/C28H35N5O3S/c1-21(2)20-27(34)30-23-10-8-22(9-11-23)26-16-17-29-28(32-26)31-24-12-14-25(15-13-24)37(35,36)19-7-5-6-18-33(3)4/h5,7-17,21H,6,18-20H2,1-4H3,(H,30,34)(H,29,31,32). The Bertz CT molecular complexity index is 1300. The van der Waals surface area contributed by atoms with Crippen molar-refractivity contribution in [2.75, 3.05) is 37.0 Å². The highest BCUT2D eigenvalue weighted by molar-refractivity contribution is 7.91. The number of nitrogens with zero attached hydrogens (tertiary/aromatic N) is 3. The van der Waals surface area contributed by atoms with Crippen molar-refractivity contribution < 1.29 is 13.2 Å². The van der Waals surface area contributed by atoms with Crippen LogP contribution in [0.25, 0.3) is 11.3 Å². The maximum atomic E-state index is 12.6. The van der Waals surface area contributed by atoms with E-state index in [0.717, 1.165) is 29.9 Å². The summed E-state index contributed by atoms with van der Waals surface area (Å²) >= 11 is 0. The molecule has 0 atom stereocenters. The summed E-state index contributed by atoms with van der Waals surface area (Å²) in [7, 11) is 0.568. The summed E-state index contributed by atoms with van der Waals surface area (Å²) in [4.78, 5) is 23.2. The molecule has 0 fully saturated rings. The molecule has 1 amide bonds. The third kappa shape index (κ3) is 9.11. The zero-order chi connectivity index (χ0) is 26.8. The zero-order valence-electron chi connectivity index (χ0n) is 21.8. The first kappa shape index (κ1) is 28.0. The lowest BCUT2D eigenvalue weighted by atomic mass is 10.1. The van der Waals surface area contributed by atoms with E-state index < -0.39 is 9.84 Å². The molecule has 0 unspecified atom stereocenters. The molecule has 3 rings (SSSR count). The highest BCUT2D eigenvalue weighted by Gasteiger charge is 2.13. The second-order valence-corrected chi connectivity index (χ2v) is 11.5. The Morgan fingerprint density at radius 3 is 2.30 bits per heavy atom. The van der Waals surface area contributed by atoms with Crippen LogP contribution in [-0.4, -0.2) is 55.6 Å². The van der Waals surface area contributed by atoms with E-state index in [0.29, 0.717) is 24.0 Å². The predicted octanol–water partition coefficient (Wildman–Crippen LogP) is 5.15. The number of carbonyl (C=O) groups excluding carboxylic acids is 1. The first-order chi connectivity index (χ1) is 17.6. The Morgan fingerprint density at radius 2 is 1.65 bits per heavy atom. The van der Waals surface area contributed by atoms with Crippen molar-refractivity contribution in [3.8, 4) is 11.3 Å². The van der Waals surface area contributed by atoms with Crippen molar-refractivity contribution in [2.45, 2.75) is 31.6 Å². The maximum Gasteiger partial charge on any atom is 0.227 e. The van der Waals surface area contributed by atoms with Gasteiger partial charge in [-0.15, -0.1) is 0 Å². The molecular weight excluding hydrogens is 486 g/mol. The van der Waals surface area contributed by atoms with Crippen LogP contribution in [0, 0.1) is 5.92 Å². The lowest BCUT2D eigenvalue weighted by Gasteiger charge is -2.09. The Hall–Kier alpha value is -3.56. The van der Waals surface area contributed by atoms with Gasteiger partial charge in [-0.2, -0.15) is 0 Å². The van der Waals surface area contributed by atoms with Crippen molar-refractivity contribution >= 4 is 33.1 Å². The van der Waals surface area contributed by atoms with Gasteiger partial charge in [-0.25, -0.2) is 18.4 Å². The van der Waals surface area contributed by atoms with Crippen LogP contribution in [0.4, 0.5) is 17.3 Å². The highest BCUT2D eigenvalue weighted by atomic mass is 32.2. The normalized spacial score (nSPS) is 11.8. The van der Waals surface area contributed by atoms with Gasteiger partial charge in [0.2, 0.25) is 11.9 Å². The van der Waals surface area contributed by atoms with Crippen LogP contribution in [0.5, 0.6) is 0 Å². The summed E-state index contributed by atoms with van der Waals surface area (Å²) < 4.78 is 25.2. The number of aromatic nitrogens is 2. The van der Waals surface area contributed by atoms with Crippen LogP contribution in [0.3, 0.4) is 0 Å². The zero-order valence-corrected chi connectivity index (χ0v) is 22.6. The van der Waals surface area contributed by atoms with E-state index >= 15 is 0 Å². The molecular formula is C28H35N5O3S. The molecule has 3 aromatic rings. The average molecular weight is 522 g/mol. The maximum absolute atomic E-state index is 12.6. The lowest BCUT2D eigenvalue weighted by molar-refractivity contribution is -0.116. The van der Waals surface area contributed by atoms with Crippen LogP contribution in [0.15, 0.2) is 77.8 Å². The minimum atomic E-state index is -3.40. The molecule has 0 aliphatic rings. The molecule has 37 heavy (non-hydrogen) atoms. The van der Waals surface area contributed by atoms with E-state index in [9.17, 15) is 13.2 Å². The number of hydrogen-bond acceptors (Lipinski definition) is 7. The van der Waals surface area contributed by atoms with Crippen molar-refractivity contribution in [1.29, 1.82) is 0 Å². The topological polar surface area (TPSA) is 104 Å². The number of benzene rings is 2. The number of anilines is 3. The number of nitrogens with one attached hydrogen (secondary N) is 2. The fourth-order valence-electron chi connectivity index (χ4n) is 3.50. The lowest BCUT2D eigenvalue weighted by Crippen LogP contribution is -2.13. The number of hydrogen-bond donors (Lipinski definition) is 2. The van der Waals surface area contributed by atoms with Gasteiger partial charge in [-0.05, 0) is 68.9 Å². The smallest absolute Gasteiger partial charge is 0.227 e. The minimum Gasteiger partial charge on any atom is -0.326 e. The second-order valence-electron chi connectivity index (χ2n) is 9.48. The molecule has 8 nitrogen and oxygen atoms in total. The van der Waals surface area contributed by atoms with E-state index in [1.807, 2.05) is 58.3 Å². The quantitative estimate of drug-likeness (QED) is 0.318. The van der Waals surface area contributed by atoms with Gasteiger partial charge in [0.05, 0.1) is 16.3 Å². The third-order valence-corrected chi connectivity index (χ3v) is 7.03. The molecule has 0 bridgehead atoms. The van der Waals surface area contributed by atoms with E-state index in [1.54, 1.807) is 42.6 Å². The van der Waals surface area contributed by atoms with Crippen LogP contribution < -0.4 is 10.6 Å². The van der Waals surface area contributed by atoms with Gasteiger partial charge < -0.3 is 15.5 Å². The summed E-state index contributed by atoms with van der Waals surface area (Å²) in [5.74, 6) is 0.656. The van der Waals surface area contributed by atoms with Crippen molar-refractivity contribution in [2.24, 2.45) is 5.92 Å². The molecule has 9 heteroatoms. The minimum absolute atomic E-state index is 0.00781. The number of amides is 1. The summed E-state index contributed by atoms with van der Waals surface area (Å²) in [6, 6.07) is 15.9. The first-order valence-electron chi connectivity index (χ1n) is 12.3. The van der Waals surface area contributed by atoms with Crippen LogP contribution >= 0.6 is 0 Å². The van der Waals surface area contributed by atoms with E-state index in [2.05, 4.69) is 25.5 Å². The van der Waals surface area contributed by atoms with Crippen LogP contribution in [-0.2, 0) is 14.6 Å². The van der Waals surface area contributed by atoms with Crippen molar-refractivity contribution in [1.82, 2.24) is 14.9 Å². The van der Waals surface area contributed by atoms with E-state index in [4.69, 9.17) is 0 Å².